The van der Waals surface area contributed by atoms with E-state index in [1.807, 2.05) is 0 Å². The number of phenolic OH excluding ortho intramolecular Hbond substituents is 2. The lowest BCUT2D eigenvalue weighted by atomic mass is 9.70. The number of unbranched alkanes of at least 4 members (excludes halogenated alkanes) is 1. The van der Waals surface area contributed by atoms with Gasteiger partial charge in [0.25, 0.3) is 0 Å². The van der Waals surface area contributed by atoms with Crippen LogP contribution in [0.2, 0.25) is 0 Å². The Bertz CT molecular complexity index is 1230. The van der Waals surface area contributed by atoms with Gasteiger partial charge in [-0.3, -0.25) is 9.59 Å². The fraction of sp³-hybridized carbons (Fsp3) is 0.533. The summed E-state index contributed by atoms with van der Waals surface area (Å²) in [6.07, 6.45) is 2.57. The molecule has 0 saturated carbocycles. The fourth-order valence-corrected chi connectivity index (χ4v) is 6.46. The number of ether oxygens (including phenoxy) is 2. The first-order chi connectivity index (χ1) is 18.2. The van der Waals surface area contributed by atoms with Gasteiger partial charge in [0.15, 0.2) is 11.6 Å². The van der Waals surface area contributed by atoms with E-state index in [4.69, 9.17) is 15.2 Å². The minimum atomic E-state index is -0.752. The van der Waals surface area contributed by atoms with Crippen LogP contribution in [0.1, 0.15) is 94.8 Å². The van der Waals surface area contributed by atoms with E-state index in [1.54, 1.807) is 31.2 Å². The van der Waals surface area contributed by atoms with Crippen LogP contribution in [0.3, 0.4) is 0 Å². The molecule has 3 aliphatic rings. The van der Waals surface area contributed by atoms with Crippen molar-refractivity contribution in [1.82, 2.24) is 0 Å². The molecule has 2 aromatic rings. The summed E-state index contributed by atoms with van der Waals surface area (Å²) in [7, 11) is 0. The van der Waals surface area contributed by atoms with Crippen molar-refractivity contribution in [3.63, 3.8) is 0 Å². The summed E-state index contributed by atoms with van der Waals surface area (Å²) in [5.41, 5.74) is 7.38. The first-order valence-corrected chi connectivity index (χ1v) is 13.7. The molecule has 1 heterocycles. The number of carbonyl (C=O) groups is 2. The maximum Gasteiger partial charge on any atom is 0.198 e. The molecule has 204 valence electrons. The quantitative estimate of drug-likeness (QED) is 0.272. The fourth-order valence-electron chi connectivity index (χ4n) is 6.46. The second-order valence-electron chi connectivity index (χ2n) is 11.1. The highest BCUT2D eigenvalue weighted by molar-refractivity contribution is 6.30. The normalized spacial score (nSPS) is 28.5. The number of fused-ring (bicyclic) bond motifs is 3. The van der Waals surface area contributed by atoms with E-state index in [0.29, 0.717) is 50.0 Å². The van der Waals surface area contributed by atoms with Gasteiger partial charge in [0.05, 0.1) is 29.4 Å². The van der Waals surface area contributed by atoms with Crippen molar-refractivity contribution in [2.24, 2.45) is 11.7 Å². The number of phenols is 2. The Labute approximate surface area is 222 Å². The average molecular weight is 524 g/mol. The predicted molar refractivity (Wildman–Crippen MR) is 141 cm³/mol. The lowest BCUT2D eigenvalue weighted by Gasteiger charge is -2.40. The third kappa shape index (κ3) is 4.64. The number of aliphatic hydroxyl groups excluding tert-OH is 1. The third-order valence-electron chi connectivity index (χ3n) is 8.38. The van der Waals surface area contributed by atoms with E-state index in [0.717, 1.165) is 12.8 Å². The van der Waals surface area contributed by atoms with Crippen molar-refractivity contribution in [1.29, 1.82) is 0 Å². The van der Waals surface area contributed by atoms with E-state index >= 15 is 0 Å². The number of hydrogen-bond acceptors (Lipinski definition) is 8. The van der Waals surface area contributed by atoms with Gasteiger partial charge in [-0.25, -0.2) is 0 Å². The van der Waals surface area contributed by atoms with Gasteiger partial charge in [-0.2, -0.15) is 0 Å². The molecule has 8 heteroatoms. The van der Waals surface area contributed by atoms with Crippen LogP contribution in [0.15, 0.2) is 24.3 Å². The SMILES string of the molecule is CCCCOCC1Cc2c(O)c3c(c(O)c2C(C[C@H]2C[C@H](N)[C@@H](O)[C@@H](C)O2)C1)C(=O)c1ccccc1C3=O. The van der Waals surface area contributed by atoms with E-state index in [-0.39, 0.29) is 51.7 Å². The Morgan fingerprint density at radius 2 is 1.71 bits per heavy atom. The van der Waals surface area contributed by atoms with Crippen molar-refractivity contribution >= 4 is 11.6 Å². The number of rotatable bonds is 7. The molecule has 0 radical (unpaired) electrons. The lowest BCUT2D eigenvalue weighted by Crippen LogP contribution is -2.51. The Morgan fingerprint density at radius 1 is 1.05 bits per heavy atom. The maximum atomic E-state index is 13.5. The summed E-state index contributed by atoms with van der Waals surface area (Å²) < 4.78 is 12.0. The zero-order valence-electron chi connectivity index (χ0n) is 22.0. The van der Waals surface area contributed by atoms with Gasteiger partial charge in [0.2, 0.25) is 0 Å². The van der Waals surface area contributed by atoms with E-state index in [9.17, 15) is 24.9 Å². The summed E-state index contributed by atoms with van der Waals surface area (Å²) in [4.78, 5) is 26.9. The molecule has 2 aromatic carbocycles. The van der Waals surface area contributed by atoms with Gasteiger partial charge >= 0.3 is 0 Å². The van der Waals surface area contributed by atoms with Gasteiger partial charge in [-0.15, -0.1) is 0 Å². The number of aromatic hydroxyl groups is 2. The maximum absolute atomic E-state index is 13.5. The lowest BCUT2D eigenvalue weighted by molar-refractivity contribution is -0.121. The molecule has 2 unspecified atom stereocenters. The van der Waals surface area contributed by atoms with Crippen LogP contribution < -0.4 is 5.73 Å². The molecular formula is C30H37NO7. The summed E-state index contributed by atoms with van der Waals surface area (Å²) in [6.45, 7) is 5.02. The number of ketones is 2. The van der Waals surface area contributed by atoms with Crippen LogP contribution in [0.25, 0.3) is 0 Å². The smallest absolute Gasteiger partial charge is 0.198 e. The van der Waals surface area contributed by atoms with Crippen molar-refractivity contribution < 1.29 is 34.4 Å². The summed E-state index contributed by atoms with van der Waals surface area (Å²) >= 11 is 0. The first-order valence-electron chi connectivity index (χ1n) is 13.7. The second kappa shape index (κ2) is 10.8. The van der Waals surface area contributed by atoms with Crippen LogP contribution in [0.5, 0.6) is 11.5 Å². The summed E-state index contributed by atoms with van der Waals surface area (Å²) in [5.74, 6) is -1.60. The molecule has 0 amide bonds. The Balaban J connectivity index is 1.56. The highest BCUT2D eigenvalue weighted by Crippen LogP contribution is 2.51. The number of nitrogens with two attached hydrogens (primary N) is 1. The molecule has 6 atom stereocenters. The highest BCUT2D eigenvalue weighted by Gasteiger charge is 2.43. The Hall–Kier alpha value is -2.78. The van der Waals surface area contributed by atoms with Crippen LogP contribution >= 0.6 is 0 Å². The van der Waals surface area contributed by atoms with Crippen LogP contribution in [0.4, 0.5) is 0 Å². The standard InChI is InChI=1S/C30H37NO7/c1-3-4-9-37-14-16-10-17(12-18-13-22(31)26(32)15(2)38-18)23-21(11-16)29(35)24-25(30(23)36)28(34)20-8-6-5-7-19(20)27(24)33/h5-8,15-18,22,26,32,35-36H,3-4,9-14,31H2,1-2H3/t15-,16?,17?,18+,22+,26+/m1/s1. The van der Waals surface area contributed by atoms with E-state index in [1.165, 1.54) is 0 Å². The molecule has 2 aliphatic carbocycles. The summed E-state index contributed by atoms with van der Waals surface area (Å²) in [5, 5.41) is 33.3. The summed E-state index contributed by atoms with van der Waals surface area (Å²) in [6, 6.07) is 6.06. The minimum Gasteiger partial charge on any atom is -0.507 e. The van der Waals surface area contributed by atoms with Crippen LogP contribution in [-0.2, 0) is 15.9 Å². The molecule has 1 saturated heterocycles. The molecule has 1 aliphatic heterocycles. The molecule has 0 bridgehead atoms. The predicted octanol–water partition coefficient (Wildman–Crippen LogP) is 3.59. The van der Waals surface area contributed by atoms with E-state index in [2.05, 4.69) is 6.92 Å². The largest absolute Gasteiger partial charge is 0.507 e. The number of benzene rings is 2. The molecule has 5 N–H and O–H groups in total. The number of carbonyl (C=O) groups excluding carboxylic acids is 2. The molecular weight excluding hydrogens is 486 g/mol. The van der Waals surface area contributed by atoms with Gasteiger partial charge in [0.1, 0.15) is 11.5 Å². The van der Waals surface area contributed by atoms with Crippen LogP contribution in [-0.4, -0.2) is 64.5 Å². The van der Waals surface area contributed by atoms with Gasteiger partial charge < -0.3 is 30.5 Å². The topological polar surface area (TPSA) is 139 Å². The molecule has 0 spiro atoms. The van der Waals surface area contributed by atoms with Gasteiger partial charge in [-0.05, 0) is 50.9 Å². The average Bonchev–Trinajstić information content (AvgIpc) is 2.90. The molecule has 1 fully saturated rings. The van der Waals surface area contributed by atoms with Gasteiger partial charge in [-0.1, -0.05) is 37.6 Å². The second-order valence-corrected chi connectivity index (χ2v) is 11.1. The molecule has 38 heavy (non-hydrogen) atoms. The Morgan fingerprint density at radius 3 is 2.34 bits per heavy atom. The monoisotopic (exact) mass is 523 g/mol. The molecule has 8 nitrogen and oxygen atoms in total. The first kappa shape index (κ1) is 26.8. The van der Waals surface area contributed by atoms with Gasteiger partial charge in [0, 0.05) is 41.5 Å². The number of hydrogen-bond donors (Lipinski definition) is 4. The molecule has 5 rings (SSSR count). The van der Waals surface area contributed by atoms with Crippen molar-refractivity contribution in [3.05, 3.63) is 57.6 Å². The zero-order valence-corrected chi connectivity index (χ0v) is 22.0. The number of aliphatic hydroxyl groups is 1. The highest BCUT2D eigenvalue weighted by atomic mass is 16.5. The zero-order chi connectivity index (χ0) is 27.1. The minimum absolute atomic E-state index is 0.0506. The van der Waals surface area contributed by atoms with Crippen LogP contribution in [0, 0.1) is 5.92 Å². The van der Waals surface area contributed by atoms with Crippen molar-refractivity contribution in [2.45, 2.75) is 82.6 Å². The third-order valence-corrected chi connectivity index (χ3v) is 8.38. The Kier molecular flexibility index (Phi) is 7.60. The van der Waals surface area contributed by atoms with E-state index < -0.39 is 29.8 Å². The molecule has 0 aromatic heterocycles. The van der Waals surface area contributed by atoms with Crippen molar-refractivity contribution in [2.75, 3.05) is 13.2 Å². The van der Waals surface area contributed by atoms with Crippen molar-refractivity contribution in [3.8, 4) is 11.5 Å².